The lowest BCUT2D eigenvalue weighted by atomic mass is 10.2. The summed E-state index contributed by atoms with van der Waals surface area (Å²) in [6, 6.07) is 5.36. The van der Waals surface area contributed by atoms with E-state index < -0.39 is 0 Å². The quantitative estimate of drug-likeness (QED) is 0.773. The van der Waals surface area contributed by atoms with E-state index in [1.807, 2.05) is 29.9 Å². The highest BCUT2D eigenvalue weighted by molar-refractivity contribution is 5.41. The zero-order valence-electron chi connectivity index (χ0n) is 11.3. The second kappa shape index (κ2) is 6.24. The van der Waals surface area contributed by atoms with Crippen LogP contribution in [-0.4, -0.2) is 28.3 Å². The first-order valence-corrected chi connectivity index (χ1v) is 6.23. The molecule has 0 aliphatic rings. The van der Waals surface area contributed by atoms with Gasteiger partial charge in [-0.1, -0.05) is 6.07 Å². The predicted octanol–water partition coefficient (Wildman–Crippen LogP) is 1.47. The monoisotopic (exact) mass is 261 g/mol. The van der Waals surface area contributed by atoms with Gasteiger partial charge in [0, 0.05) is 39.0 Å². The van der Waals surface area contributed by atoms with Crippen LogP contribution in [0.25, 0.3) is 0 Å². The summed E-state index contributed by atoms with van der Waals surface area (Å²) in [4.78, 5) is 4.27. The number of hydrogen-bond acceptors (Lipinski definition) is 4. The van der Waals surface area contributed by atoms with Crippen LogP contribution in [0.1, 0.15) is 11.4 Å². The first-order valence-electron chi connectivity index (χ1n) is 6.23. The highest BCUT2D eigenvalue weighted by atomic mass is 16.5. The number of aryl methyl sites for hydroxylation is 1. The lowest BCUT2D eigenvalue weighted by Crippen LogP contribution is -2.18. The van der Waals surface area contributed by atoms with Crippen molar-refractivity contribution in [2.75, 3.05) is 13.7 Å². The molecule has 0 bridgehead atoms. The second-order valence-corrected chi connectivity index (χ2v) is 4.39. The van der Waals surface area contributed by atoms with Gasteiger partial charge in [0.2, 0.25) is 0 Å². The van der Waals surface area contributed by atoms with Crippen LogP contribution in [0.15, 0.2) is 30.6 Å². The molecule has 102 valence electrons. The first kappa shape index (κ1) is 13.4. The number of aromatic nitrogens is 2. The number of nitrogens with zero attached hydrogens (tertiary/aromatic N) is 2. The molecule has 0 unspecified atom stereocenters. The van der Waals surface area contributed by atoms with Crippen LogP contribution in [0.5, 0.6) is 11.5 Å². The van der Waals surface area contributed by atoms with Crippen LogP contribution in [0, 0.1) is 0 Å². The molecule has 5 heteroatoms. The Kier molecular flexibility index (Phi) is 4.41. The van der Waals surface area contributed by atoms with Crippen molar-refractivity contribution >= 4 is 0 Å². The molecule has 1 aromatic carbocycles. The van der Waals surface area contributed by atoms with Crippen molar-refractivity contribution in [3.8, 4) is 11.5 Å². The van der Waals surface area contributed by atoms with Crippen LogP contribution in [0.3, 0.4) is 0 Å². The van der Waals surface area contributed by atoms with Gasteiger partial charge in [0.15, 0.2) is 11.5 Å². The molecule has 0 spiro atoms. The zero-order chi connectivity index (χ0) is 13.7. The summed E-state index contributed by atoms with van der Waals surface area (Å²) in [5.41, 5.74) is 1.08. The van der Waals surface area contributed by atoms with Gasteiger partial charge in [-0.05, 0) is 17.7 Å². The Balaban J connectivity index is 1.81. The zero-order valence-corrected chi connectivity index (χ0v) is 11.3. The van der Waals surface area contributed by atoms with Crippen molar-refractivity contribution in [1.29, 1.82) is 0 Å². The molecule has 2 aromatic rings. The molecule has 0 saturated heterocycles. The van der Waals surface area contributed by atoms with E-state index in [2.05, 4.69) is 10.3 Å². The minimum absolute atomic E-state index is 0.166. The normalized spacial score (nSPS) is 10.6. The number of ether oxygens (including phenoxy) is 1. The molecule has 0 atom stereocenters. The van der Waals surface area contributed by atoms with Crippen molar-refractivity contribution in [3.05, 3.63) is 42.0 Å². The van der Waals surface area contributed by atoms with Crippen molar-refractivity contribution in [1.82, 2.24) is 14.9 Å². The lowest BCUT2D eigenvalue weighted by Gasteiger charge is -2.08. The molecular formula is C14H19N3O2. The van der Waals surface area contributed by atoms with E-state index in [1.165, 1.54) is 0 Å². The van der Waals surface area contributed by atoms with E-state index in [0.717, 1.165) is 30.9 Å². The van der Waals surface area contributed by atoms with Gasteiger partial charge in [0.1, 0.15) is 5.82 Å². The highest BCUT2D eigenvalue weighted by Crippen LogP contribution is 2.26. The fourth-order valence-corrected chi connectivity index (χ4v) is 1.90. The van der Waals surface area contributed by atoms with E-state index in [-0.39, 0.29) is 5.75 Å². The standard InChI is InChI=1S/C14H19N3O2/c1-17-8-7-16-14(17)5-6-15-10-11-3-4-12(18)13(9-11)19-2/h3-4,7-9,15,18H,5-6,10H2,1-2H3. The van der Waals surface area contributed by atoms with Crippen LogP contribution in [0.2, 0.25) is 0 Å². The fraction of sp³-hybridized carbons (Fsp3) is 0.357. The Bertz CT molecular complexity index is 537. The van der Waals surface area contributed by atoms with Gasteiger partial charge in [-0.3, -0.25) is 0 Å². The number of rotatable bonds is 6. The number of aromatic hydroxyl groups is 1. The topological polar surface area (TPSA) is 59.3 Å². The van der Waals surface area contributed by atoms with E-state index in [0.29, 0.717) is 5.75 Å². The molecule has 0 aliphatic heterocycles. The van der Waals surface area contributed by atoms with Crippen LogP contribution >= 0.6 is 0 Å². The maximum absolute atomic E-state index is 9.51. The Labute approximate surface area is 112 Å². The molecule has 19 heavy (non-hydrogen) atoms. The predicted molar refractivity (Wildman–Crippen MR) is 73.3 cm³/mol. The molecule has 1 heterocycles. The second-order valence-electron chi connectivity index (χ2n) is 4.39. The molecule has 1 aromatic heterocycles. The molecule has 0 radical (unpaired) electrons. The number of phenols is 1. The summed E-state index contributed by atoms with van der Waals surface area (Å²) < 4.78 is 7.09. The van der Waals surface area contributed by atoms with Gasteiger partial charge >= 0.3 is 0 Å². The third-order valence-electron chi connectivity index (χ3n) is 3.02. The van der Waals surface area contributed by atoms with E-state index in [9.17, 15) is 5.11 Å². The Morgan fingerprint density at radius 3 is 2.95 bits per heavy atom. The van der Waals surface area contributed by atoms with Gasteiger partial charge in [-0.25, -0.2) is 4.98 Å². The minimum atomic E-state index is 0.166. The molecule has 0 amide bonds. The third kappa shape index (κ3) is 3.48. The average molecular weight is 261 g/mol. The Hall–Kier alpha value is -2.01. The largest absolute Gasteiger partial charge is 0.504 e. The van der Waals surface area contributed by atoms with Gasteiger partial charge in [0.05, 0.1) is 7.11 Å². The maximum Gasteiger partial charge on any atom is 0.160 e. The van der Waals surface area contributed by atoms with Crippen molar-refractivity contribution in [2.45, 2.75) is 13.0 Å². The Morgan fingerprint density at radius 2 is 2.26 bits per heavy atom. The molecule has 0 saturated carbocycles. The molecule has 5 nitrogen and oxygen atoms in total. The number of phenolic OH excluding ortho intramolecular Hbond substituents is 1. The van der Waals surface area contributed by atoms with E-state index in [4.69, 9.17) is 4.74 Å². The first-order chi connectivity index (χ1) is 9.20. The number of imidazole rings is 1. The number of nitrogens with one attached hydrogen (secondary N) is 1. The Morgan fingerprint density at radius 1 is 1.42 bits per heavy atom. The summed E-state index contributed by atoms with van der Waals surface area (Å²) >= 11 is 0. The maximum atomic E-state index is 9.51. The SMILES string of the molecule is COc1cc(CNCCc2nccn2C)ccc1O. The smallest absolute Gasteiger partial charge is 0.160 e. The van der Waals surface area contributed by atoms with Gasteiger partial charge < -0.3 is 19.7 Å². The van der Waals surface area contributed by atoms with Gasteiger partial charge in [-0.15, -0.1) is 0 Å². The third-order valence-corrected chi connectivity index (χ3v) is 3.02. The van der Waals surface area contributed by atoms with E-state index >= 15 is 0 Å². The highest BCUT2D eigenvalue weighted by Gasteiger charge is 2.03. The number of benzene rings is 1. The molecular weight excluding hydrogens is 242 g/mol. The number of hydrogen-bond donors (Lipinski definition) is 2. The van der Waals surface area contributed by atoms with Crippen molar-refractivity contribution < 1.29 is 9.84 Å². The molecule has 2 N–H and O–H groups in total. The minimum Gasteiger partial charge on any atom is -0.504 e. The van der Waals surface area contributed by atoms with Crippen LogP contribution < -0.4 is 10.1 Å². The summed E-state index contributed by atoms with van der Waals surface area (Å²) in [5.74, 6) is 1.73. The van der Waals surface area contributed by atoms with Crippen molar-refractivity contribution in [2.24, 2.45) is 7.05 Å². The summed E-state index contributed by atoms with van der Waals surface area (Å²) in [5, 5.41) is 12.9. The van der Waals surface area contributed by atoms with Gasteiger partial charge in [-0.2, -0.15) is 0 Å². The van der Waals surface area contributed by atoms with Crippen LogP contribution in [0.4, 0.5) is 0 Å². The van der Waals surface area contributed by atoms with Crippen LogP contribution in [-0.2, 0) is 20.0 Å². The molecule has 2 rings (SSSR count). The van der Waals surface area contributed by atoms with E-state index in [1.54, 1.807) is 19.4 Å². The molecule has 0 aliphatic carbocycles. The van der Waals surface area contributed by atoms with Gasteiger partial charge in [0.25, 0.3) is 0 Å². The summed E-state index contributed by atoms with van der Waals surface area (Å²) in [7, 11) is 3.54. The lowest BCUT2D eigenvalue weighted by molar-refractivity contribution is 0.373. The summed E-state index contributed by atoms with van der Waals surface area (Å²) in [6.07, 6.45) is 4.64. The van der Waals surface area contributed by atoms with Crippen molar-refractivity contribution in [3.63, 3.8) is 0 Å². The fourth-order valence-electron chi connectivity index (χ4n) is 1.90. The average Bonchev–Trinajstić information content (AvgIpc) is 2.82. The summed E-state index contributed by atoms with van der Waals surface area (Å²) in [6.45, 7) is 1.59. The number of methoxy groups -OCH3 is 1. The molecule has 0 fully saturated rings.